The van der Waals surface area contributed by atoms with Gasteiger partial charge in [0.15, 0.2) is 0 Å². The second kappa shape index (κ2) is 49.3. The summed E-state index contributed by atoms with van der Waals surface area (Å²) in [6, 6.07) is 0. The van der Waals surface area contributed by atoms with Crippen LogP contribution in [0, 0.1) is 0 Å². The van der Waals surface area contributed by atoms with Gasteiger partial charge < -0.3 is 26.0 Å². The van der Waals surface area contributed by atoms with Crippen molar-refractivity contribution >= 4 is 17.7 Å². The van der Waals surface area contributed by atoms with Crippen LogP contribution in [0.4, 0.5) is 0 Å². The average Bonchev–Trinajstić information content (AvgIpc) is 3.26. The van der Waals surface area contributed by atoms with E-state index in [1.165, 1.54) is 173 Å². The molecule has 9 heteroatoms. The number of aliphatic hydroxyl groups is 1. The van der Waals surface area contributed by atoms with Gasteiger partial charge in [0, 0.05) is 78.2 Å². The quantitative estimate of drug-likeness (QED) is 0.0453. The predicted molar refractivity (Wildman–Crippen MR) is 262 cm³/mol. The molecule has 0 aliphatic rings. The van der Waals surface area contributed by atoms with E-state index in [0.29, 0.717) is 58.5 Å². The lowest BCUT2D eigenvalue weighted by Gasteiger charge is -2.27. The molecule has 0 radical (unpaired) electrons. The van der Waals surface area contributed by atoms with Gasteiger partial charge in [-0.1, -0.05) is 213 Å². The molecule has 61 heavy (non-hydrogen) atoms. The van der Waals surface area contributed by atoms with Gasteiger partial charge >= 0.3 is 0 Å². The third-order valence-corrected chi connectivity index (χ3v) is 12.4. The van der Waals surface area contributed by atoms with Crippen LogP contribution in [0.25, 0.3) is 0 Å². The van der Waals surface area contributed by atoms with Gasteiger partial charge in [-0.25, -0.2) is 0 Å². The van der Waals surface area contributed by atoms with Crippen LogP contribution in [0.5, 0.6) is 0 Å². The lowest BCUT2D eigenvalue weighted by molar-refractivity contribution is -0.122. The number of aliphatic hydroxyl groups excluding tert-OH is 1. The van der Waals surface area contributed by atoms with Gasteiger partial charge in [0.25, 0.3) is 0 Å². The number of carbonyl (C=O) groups excluding carboxylic acids is 3. The molecule has 0 bridgehead atoms. The van der Waals surface area contributed by atoms with Gasteiger partial charge in [0.2, 0.25) is 17.7 Å². The summed E-state index contributed by atoms with van der Waals surface area (Å²) in [5.41, 5.74) is 0. The molecule has 0 aromatic heterocycles. The molecule has 0 saturated carbocycles. The van der Waals surface area contributed by atoms with Gasteiger partial charge in [-0.05, 0) is 19.3 Å². The van der Waals surface area contributed by atoms with Crippen molar-refractivity contribution in [2.45, 2.75) is 252 Å². The summed E-state index contributed by atoms with van der Waals surface area (Å²) in [6.45, 7) is 12.6. The lowest BCUT2D eigenvalue weighted by atomic mass is 10.1. The van der Waals surface area contributed by atoms with E-state index < -0.39 is 0 Å². The number of hydrogen-bond acceptors (Lipinski definition) is 6. The first-order chi connectivity index (χ1) is 30.0. The first-order valence-corrected chi connectivity index (χ1v) is 26.8. The average molecular weight is 864 g/mol. The van der Waals surface area contributed by atoms with Crippen LogP contribution in [0.1, 0.15) is 252 Å². The molecule has 0 saturated heterocycles. The van der Waals surface area contributed by atoms with E-state index in [2.05, 4.69) is 46.5 Å². The number of carbonyl (C=O) groups is 3. The molecule has 0 unspecified atom stereocenters. The Morgan fingerprint density at radius 2 is 0.525 bits per heavy atom. The summed E-state index contributed by atoms with van der Waals surface area (Å²) in [7, 11) is 0. The number of nitrogens with zero attached hydrogens (tertiary/aromatic N) is 2. The van der Waals surface area contributed by atoms with Crippen molar-refractivity contribution in [2.24, 2.45) is 0 Å². The van der Waals surface area contributed by atoms with Crippen LogP contribution >= 0.6 is 0 Å². The zero-order valence-electron chi connectivity index (χ0n) is 41.1. The van der Waals surface area contributed by atoms with Gasteiger partial charge in [-0.3, -0.25) is 19.3 Å². The maximum Gasteiger partial charge on any atom is 0.221 e. The molecule has 3 amide bonds. The Bertz CT molecular complexity index is 893. The Morgan fingerprint density at radius 3 is 0.754 bits per heavy atom. The van der Waals surface area contributed by atoms with Gasteiger partial charge in [-0.2, -0.15) is 0 Å². The van der Waals surface area contributed by atoms with Crippen molar-refractivity contribution in [3.05, 3.63) is 0 Å². The zero-order chi connectivity index (χ0) is 44.5. The van der Waals surface area contributed by atoms with E-state index in [1.807, 2.05) is 0 Å². The van der Waals surface area contributed by atoms with Crippen molar-refractivity contribution < 1.29 is 19.5 Å². The number of unbranched alkanes of at least 4 members (excludes halogenated alkanes) is 30. The van der Waals surface area contributed by atoms with Crippen LogP contribution in [-0.2, 0) is 14.4 Å². The lowest BCUT2D eigenvalue weighted by Crippen LogP contribution is -2.41. The number of amides is 3. The van der Waals surface area contributed by atoms with E-state index in [1.54, 1.807) is 0 Å². The van der Waals surface area contributed by atoms with Crippen LogP contribution < -0.4 is 16.0 Å². The van der Waals surface area contributed by atoms with Gasteiger partial charge in [0.1, 0.15) is 0 Å². The molecule has 0 aliphatic carbocycles. The molecule has 4 N–H and O–H groups in total. The minimum absolute atomic E-state index is 0.0310. The van der Waals surface area contributed by atoms with Crippen molar-refractivity contribution in [1.29, 1.82) is 0 Å². The van der Waals surface area contributed by atoms with Crippen LogP contribution in [-0.4, -0.2) is 98.1 Å². The standard InChI is InChI=1S/C52H105N5O4/c1-4-7-10-13-16-19-22-25-28-31-34-40-53-50(59)37-43-56(44-38-51(60)54-41-35-32-29-26-23-20-17-14-11-8-5-2)46-47-57(48-49-58)45-39-52(61)55-42-36-33-30-27-24-21-18-15-12-9-6-3/h58H,4-49H2,1-3H3,(H,53,59)(H,54,60)(H,55,61). The van der Waals surface area contributed by atoms with Gasteiger partial charge in [0.05, 0.1) is 6.61 Å². The highest BCUT2D eigenvalue weighted by Crippen LogP contribution is 2.13. The molecule has 0 aromatic rings. The van der Waals surface area contributed by atoms with Crippen LogP contribution in [0.15, 0.2) is 0 Å². The maximum absolute atomic E-state index is 12.8. The second-order valence-corrected chi connectivity index (χ2v) is 18.3. The summed E-state index contributed by atoms with van der Waals surface area (Å²) in [5, 5.41) is 19.2. The van der Waals surface area contributed by atoms with Gasteiger partial charge in [-0.15, -0.1) is 0 Å². The Kier molecular flexibility index (Phi) is 47.9. The van der Waals surface area contributed by atoms with Crippen molar-refractivity contribution in [1.82, 2.24) is 25.8 Å². The fourth-order valence-electron chi connectivity index (χ4n) is 8.19. The molecule has 0 fully saturated rings. The minimum Gasteiger partial charge on any atom is -0.395 e. The smallest absolute Gasteiger partial charge is 0.221 e. The molecular formula is C52H105N5O4. The predicted octanol–water partition coefficient (Wildman–Crippen LogP) is 12.0. The molecule has 362 valence electrons. The Balaban J connectivity index is 4.59. The Labute approximate surface area is 379 Å². The second-order valence-electron chi connectivity index (χ2n) is 18.3. The van der Waals surface area contributed by atoms with E-state index in [4.69, 9.17) is 0 Å². The first kappa shape index (κ1) is 59.3. The summed E-state index contributed by atoms with van der Waals surface area (Å²) in [4.78, 5) is 42.7. The third-order valence-electron chi connectivity index (χ3n) is 12.4. The summed E-state index contributed by atoms with van der Waals surface area (Å²) in [6.07, 6.45) is 43.8. The minimum atomic E-state index is 0.0310. The van der Waals surface area contributed by atoms with Crippen molar-refractivity contribution in [3.8, 4) is 0 Å². The molecule has 0 atom stereocenters. The third kappa shape index (κ3) is 46.1. The van der Waals surface area contributed by atoms with E-state index >= 15 is 0 Å². The summed E-state index contributed by atoms with van der Waals surface area (Å²) >= 11 is 0. The molecule has 0 heterocycles. The number of rotatable bonds is 50. The number of nitrogens with one attached hydrogen (secondary N) is 3. The fourth-order valence-corrected chi connectivity index (χ4v) is 8.19. The fraction of sp³-hybridized carbons (Fsp3) is 0.942. The summed E-state index contributed by atoms with van der Waals surface area (Å²) < 4.78 is 0. The highest BCUT2D eigenvalue weighted by molar-refractivity contribution is 5.77. The normalized spacial score (nSPS) is 11.5. The molecule has 0 spiro atoms. The molecular weight excluding hydrogens is 759 g/mol. The Morgan fingerprint density at radius 1 is 0.311 bits per heavy atom. The van der Waals surface area contributed by atoms with E-state index in [-0.39, 0.29) is 24.3 Å². The first-order valence-electron chi connectivity index (χ1n) is 26.8. The highest BCUT2D eigenvalue weighted by Gasteiger charge is 2.14. The molecule has 0 aliphatic heterocycles. The zero-order valence-corrected chi connectivity index (χ0v) is 41.1. The molecule has 9 nitrogen and oxygen atoms in total. The maximum atomic E-state index is 12.8. The van der Waals surface area contributed by atoms with Crippen molar-refractivity contribution in [3.63, 3.8) is 0 Å². The highest BCUT2D eigenvalue weighted by atomic mass is 16.3. The summed E-state index contributed by atoms with van der Waals surface area (Å²) in [5.74, 6) is 0.204. The topological polar surface area (TPSA) is 114 Å². The molecule has 0 rings (SSSR count). The van der Waals surface area contributed by atoms with E-state index in [9.17, 15) is 19.5 Å². The van der Waals surface area contributed by atoms with E-state index in [0.717, 1.165) is 58.2 Å². The SMILES string of the molecule is CCCCCCCCCCCCCNC(=O)CCN(CCO)CCN(CCC(=O)NCCCCCCCCCCCCC)CCC(=O)NCCCCCCCCCCCCC. The molecule has 0 aromatic carbocycles. The Hall–Kier alpha value is -1.71. The largest absolute Gasteiger partial charge is 0.395 e. The monoisotopic (exact) mass is 864 g/mol. The number of hydrogen-bond donors (Lipinski definition) is 4. The van der Waals surface area contributed by atoms with Crippen LogP contribution in [0.3, 0.4) is 0 Å². The van der Waals surface area contributed by atoms with Crippen molar-refractivity contribution in [2.75, 3.05) is 65.5 Å². The van der Waals surface area contributed by atoms with Crippen LogP contribution in [0.2, 0.25) is 0 Å².